The molecule has 0 aliphatic carbocycles. The third kappa shape index (κ3) is 4.76. The van der Waals surface area contributed by atoms with Gasteiger partial charge in [-0.05, 0) is 34.7 Å². The van der Waals surface area contributed by atoms with Crippen LogP contribution in [0.4, 0.5) is 4.79 Å². The van der Waals surface area contributed by atoms with Crippen molar-refractivity contribution in [2.45, 2.75) is 12.0 Å². The van der Waals surface area contributed by atoms with E-state index in [1.54, 1.807) is 17.6 Å². The maximum atomic E-state index is 12.8. The number of carbonyl (C=O) groups excluding carboxylic acids is 1. The Morgan fingerprint density at radius 2 is 1.55 bits per heavy atom. The maximum absolute atomic E-state index is 12.8. The third-order valence-electron chi connectivity index (χ3n) is 4.78. The number of furan rings is 1. The number of nitrogens with one attached hydrogen (secondary N) is 2. The van der Waals surface area contributed by atoms with Crippen molar-refractivity contribution in [2.24, 2.45) is 0 Å². The minimum atomic E-state index is -0.221. The lowest BCUT2D eigenvalue weighted by atomic mass is 9.99. The van der Waals surface area contributed by atoms with Crippen LogP contribution in [0.5, 0.6) is 0 Å². The molecule has 29 heavy (non-hydrogen) atoms. The van der Waals surface area contributed by atoms with Gasteiger partial charge in [0.2, 0.25) is 0 Å². The number of benzene rings is 2. The van der Waals surface area contributed by atoms with E-state index in [4.69, 9.17) is 4.42 Å². The lowest BCUT2D eigenvalue weighted by Crippen LogP contribution is -2.40. The van der Waals surface area contributed by atoms with Gasteiger partial charge in [0, 0.05) is 11.4 Å². The smallest absolute Gasteiger partial charge is 0.315 e. The summed E-state index contributed by atoms with van der Waals surface area (Å²) in [6, 6.07) is 27.4. The van der Waals surface area contributed by atoms with Crippen molar-refractivity contribution in [3.8, 4) is 0 Å². The summed E-state index contributed by atoms with van der Waals surface area (Å²) in [6.07, 6.45) is 1.66. The molecule has 4 rings (SSSR count). The molecule has 4 nitrogen and oxygen atoms in total. The highest BCUT2D eigenvalue weighted by atomic mass is 32.1. The SMILES string of the molecule is O=C(NC[C@H](c1ccco1)c1cccs1)NC(c1ccccc1)c1ccccc1. The highest BCUT2D eigenvalue weighted by Gasteiger charge is 2.21. The fourth-order valence-corrected chi connectivity index (χ4v) is 4.18. The Hall–Kier alpha value is -3.31. The molecule has 0 aliphatic heterocycles. The molecule has 0 spiro atoms. The first-order valence-electron chi connectivity index (χ1n) is 9.52. The zero-order chi connectivity index (χ0) is 19.9. The van der Waals surface area contributed by atoms with E-state index in [9.17, 15) is 4.79 Å². The van der Waals surface area contributed by atoms with Crippen LogP contribution in [0.25, 0.3) is 0 Å². The van der Waals surface area contributed by atoms with E-state index >= 15 is 0 Å². The second-order valence-corrected chi connectivity index (χ2v) is 7.67. The highest BCUT2D eigenvalue weighted by molar-refractivity contribution is 7.10. The first-order valence-corrected chi connectivity index (χ1v) is 10.4. The third-order valence-corrected chi connectivity index (χ3v) is 5.77. The number of rotatable bonds is 7. The average molecular weight is 403 g/mol. The predicted molar refractivity (Wildman–Crippen MR) is 116 cm³/mol. The second kappa shape index (κ2) is 9.26. The van der Waals surface area contributed by atoms with Gasteiger partial charge < -0.3 is 15.1 Å². The van der Waals surface area contributed by atoms with Crippen molar-refractivity contribution < 1.29 is 9.21 Å². The van der Waals surface area contributed by atoms with Crippen molar-refractivity contribution in [1.29, 1.82) is 0 Å². The van der Waals surface area contributed by atoms with Crippen LogP contribution in [-0.2, 0) is 0 Å². The van der Waals surface area contributed by atoms with E-state index in [0.29, 0.717) is 6.54 Å². The molecule has 5 heteroatoms. The predicted octanol–water partition coefficient (Wildman–Crippen LogP) is 5.56. The van der Waals surface area contributed by atoms with Crippen LogP contribution < -0.4 is 10.6 Å². The van der Waals surface area contributed by atoms with Gasteiger partial charge in [-0.3, -0.25) is 0 Å². The van der Waals surface area contributed by atoms with E-state index in [-0.39, 0.29) is 18.0 Å². The van der Waals surface area contributed by atoms with Crippen LogP contribution in [0.15, 0.2) is 101 Å². The maximum Gasteiger partial charge on any atom is 0.315 e. The summed E-state index contributed by atoms with van der Waals surface area (Å²) in [5.41, 5.74) is 2.07. The molecule has 0 fully saturated rings. The zero-order valence-electron chi connectivity index (χ0n) is 15.8. The first kappa shape index (κ1) is 19.0. The van der Waals surface area contributed by atoms with Gasteiger partial charge in [0.15, 0.2) is 0 Å². The Labute approximate surface area is 174 Å². The summed E-state index contributed by atoms with van der Waals surface area (Å²) < 4.78 is 5.61. The van der Waals surface area contributed by atoms with Gasteiger partial charge in [-0.2, -0.15) is 0 Å². The summed E-state index contributed by atoms with van der Waals surface area (Å²) in [6.45, 7) is 0.455. The summed E-state index contributed by atoms with van der Waals surface area (Å²) in [4.78, 5) is 13.9. The largest absolute Gasteiger partial charge is 0.469 e. The van der Waals surface area contributed by atoms with E-state index in [0.717, 1.165) is 21.8 Å². The van der Waals surface area contributed by atoms with E-state index < -0.39 is 0 Å². The quantitative estimate of drug-likeness (QED) is 0.425. The Morgan fingerprint density at radius 3 is 2.10 bits per heavy atom. The fourth-order valence-electron chi connectivity index (χ4n) is 3.35. The molecule has 146 valence electrons. The first-order chi connectivity index (χ1) is 14.3. The second-order valence-electron chi connectivity index (χ2n) is 6.69. The van der Waals surface area contributed by atoms with Gasteiger partial charge in [0.05, 0.1) is 18.2 Å². The minimum Gasteiger partial charge on any atom is -0.469 e. The summed E-state index contributed by atoms with van der Waals surface area (Å²) in [5.74, 6) is 0.832. The molecule has 0 unspecified atom stereocenters. The van der Waals surface area contributed by atoms with Crippen molar-refractivity contribution >= 4 is 17.4 Å². The molecule has 1 atom stereocenters. The fraction of sp³-hybridized carbons (Fsp3) is 0.125. The topological polar surface area (TPSA) is 54.3 Å². The molecule has 0 saturated heterocycles. The number of hydrogen-bond acceptors (Lipinski definition) is 3. The number of carbonyl (C=O) groups is 1. The van der Waals surface area contributed by atoms with Gasteiger partial charge >= 0.3 is 6.03 Å². The lowest BCUT2D eigenvalue weighted by molar-refractivity contribution is 0.238. The molecule has 0 bridgehead atoms. The number of urea groups is 1. The summed E-state index contributed by atoms with van der Waals surface area (Å²) >= 11 is 1.66. The number of amides is 2. The average Bonchev–Trinajstić information content (AvgIpc) is 3.48. The Balaban J connectivity index is 1.48. The van der Waals surface area contributed by atoms with Crippen LogP contribution in [0.3, 0.4) is 0 Å². The van der Waals surface area contributed by atoms with E-state index in [1.807, 2.05) is 84.2 Å². The van der Waals surface area contributed by atoms with Gasteiger partial charge in [-0.1, -0.05) is 66.7 Å². The molecule has 2 aromatic heterocycles. The molecular weight excluding hydrogens is 380 g/mol. The van der Waals surface area contributed by atoms with E-state index in [1.165, 1.54) is 0 Å². The Bertz CT molecular complexity index is 926. The van der Waals surface area contributed by atoms with Gasteiger partial charge in [-0.15, -0.1) is 11.3 Å². The highest BCUT2D eigenvalue weighted by Crippen LogP contribution is 2.28. The van der Waals surface area contributed by atoms with Crippen LogP contribution in [0.2, 0.25) is 0 Å². The molecule has 2 heterocycles. The number of hydrogen-bond donors (Lipinski definition) is 2. The van der Waals surface area contributed by atoms with Crippen LogP contribution in [-0.4, -0.2) is 12.6 Å². The Morgan fingerprint density at radius 1 is 0.862 bits per heavy atom. The molecule has 0 saturated carbocycles. The molecule has 0 radical (unpaired) electrons. The molecule has 4 aromatic rings. The standard InChI is InChI=1S/C24H22N2O2S/c27-24(25-17-20(21-13-7-15-28-21)22-14-8-16-29-22)26-23(18-9-3-1-4-10-18)19-11-5-2-6-12-19/h1-16,20,23H,17H2,(H2,25,26,27)/t20-/m1/s1. The monoisotopic (exact) mass is 402 g/mol. The molecule has 2 amide bonds. The number of thiophene rings is 1. The van der Waals surface area contributed by atoms with Crippen molar-refractivity contribution in [1.82, 2.24) is 10.6 Å². The van der Waals surface area contributed by atoms with E-state index in [2.05, 4.69) is 16.7 Å². The van der Waals surface area contributed by atoms with Crippen LogP contribution >= 0.6 is 11.3 Å². The molecule has 0 aliphatic rings. The summed E-state index contributed by atoms with van der Waals surface area (Å²) in [7, 11) is 0. The lowest BCUT2D eigenvalue weighted by Gasteiger charge is -2.21. The molecular formula is C24H22N2O2S. The van der Waals surface area contributed by atoms with Gasteiger partial charge in [0.1, 0.15) is 5.76 Å². The molecule has 2 aromatic carbocycles. The van der Waals surface area contributed by atoms with Crippen molar-refractivity contribution in [3.63, 3.8) is 0 Å². The minimum absolute atomic E-state index is 0.0114. The Kier molecular flexibility index (Phi) is 6.07. The van der Waals surface area contributed by atoms with Crippen LogP contribution in [0, 0.1) is 0 Å². The van der Waals surface area contributed by atoms with Crippen molar-refractivity contribution in [2.75, 3.05) is 6.54 Å². The summed E-state index contributed by atoms with van der Waals surface area (Å²) in [5, 5.41) is 8.18. The zero-order valence-corrected chi connectivity index (χ0v) is 16.6. The normalized spacial score (nSPS) is 11.9. The molecule has 2 N–H and O–H groups in total. The van der Waals surface area contributed by atoms with Gasteiger partial charge in [0.25, 0.3) is 0 Å². The van der Waals surface area contributed by atoms with Crippen LogP contribution in [0.1, 0.15) is 33.7 Å². The van der Waals surface area contributed by atoms with Crippen molar-refractivity contribution in [3.05, 3.63) is 118 Å². The van der Waals surface area contributed by atoms with Gasteiger partial charge in [-0.25, -0.2) is 4.79 Å².